The number of nitro groups is 1. The van der Waals surface area contributed by atoms with Crippen LogP contribution in [-0.4, -0.2) is 10.0 Å². The minimum atomic E-state index is -0.383. The first kappa shape index (κ1) is 121. The molecule has 0 amide bonds. The van der Waals surface area contributed by atoms with Crippen molar-refractivity contribution in [1.82, 2.24) is 0 Å². The minimum absolute atomic E-state index is 0. The molecule has 0 spiro atoms. The Hall–Kier alpha value is -6.96. The molecule has 0 unspecified atom stereocenters. The molecular formula is C103H166BrClFNO3. The number of rotatable bonds is 2. The molecule has 0 heterocycles. The second-order valence-corrected chi connectivity index (χ2v) is 36.7. The zero-order valence-corrected chi connectivity index (χ0v) is 70.3. The summed E-state index contributed by atoms with van der Waals surface area (Å²) in [6, 6.07) is 74.7. The fraction of sp³-hybridized carbons (Fsp3) is 0.476. The molecule has 4 nitrogen and oxygen atoms in total. The third kappa shape index (κ3) is 50.8. The van der Waals surface area contributed by atoms with Crippen molar-refractivity contribution in [3.05, 3.63) is 322 Å². The summed E-state index contributed by atoms with van der Waals surface area (Å²) in [6.45, 7) is 65.6. The Morgan fingerprint density at radius 1 is 0.300 bits per heavy atom. The third-order valence-corrected chi connectivity index (χ3v) is 17.3. The van der Waals surface area contributed by atoms with E-state index in [-0.39, 0.29) is 133 Å². The van der Waals surface area contributed by atoms with E-state index in [2.05, 4.69) is 375 Å². The Morgan fingerprint density at radius 3 is 0.682 bits per heavy atom. The van der Waals surface area contributed by atoms with Crippen molar-refractivity contribution < 1.29 is 14.4 Å². The van der Waals surface area contributed by atoms with Crippen LogP contribution in [-0.2, 0) is 55.3 Å². The molecule has 0 aliphatic heterocycles. The Bertz CT molecular complexity index is 3290. The summed E-state index contributed by atoms with van der Waals surface area (Å²) < 4.78 is 13.6. The zero-order valence-electron chi connectivity index (χ0n) is 67.9. The van der Waals surface area contributed by atoms with Gasteiger partial charge in [0.25, 0.3) is 5.69 Å². The van der Waals surface area contributed by atoms with Crippen molar-refractivity contribution >= 4 is 33.2 Å². The Kier molecular flexibility index (Phi) is 59.4. The van der Waals surface area contributed by atoms with Gasteiger partial charge in [-0.3, -0.25) is 10.1 Å². The van der Waals surface area contributed by atoms with Gasteiger partial charge in [-0.25, -0.2) is 4.39 Å². The molecule has 0 atom stereocenters. The van der Waals surface area contributed by atoms with Crippen molar-refractivity contribution in [2.75, 3.05) is 0 Å². The van der Waals surface area contributed by atoms with Crippen LogP contribution in [0.4, 0.5) is 10.1 Å². The van der Waals surface area contributed by atoms with E-state index in [1.165, 1.54) is 73.3 Å². The van der Waals surface area contributed by atoms with Gasteiger partial charge in [0.15, 0.2) is 0 Å². The molecule has 9 aromatic carbocycles. The first-order chi connectivity index (χ1) is 46.0. The average Bonchev–Trinajstić information content (AvgIpc) is 0.852. The van der Waals surface area contributed by atoms with Crippen LogP contribution < -0.4 is 0 Å². The lowest BCUT2D eigenvalue weighted by Gasteiger charge is -2.18. The van der Waals surface area contributed by atoms with E-state index in [0.717, 1.165) is 20.6 Å². The summed E-state index contributed by atoms with van der Waals surface area (Å²) in [6.07, 6.45) is 0. The lowest BCUT2D eigenvalue weighted by atomic mass is 9.87. The summed E-state index contributed by atoms with van der Waals surface area (Å²) in [7, 11) is 0. The molecule has 110 heavy (non-hydrogen) atoms. The molecule has 9 aromatic rings. The molecule has 0 fully saturated rings. The van der Waals surface area contributed by atoms with E-state index in [4.69, 9.17) is 16.7 Å². The smallest absolute Gasteiger partial charge is 0.269 e. The average molecular weight is 1600 g/mol. The van der Waals surface area contributed by atoms with Crippen LogP contribution in [0.5, 0.6) is 0 Å². The van der Waals surface area contributed by atoms with E-state index in [0.29, 0.717) is 5.41 Å². The van der Waals surface area contributed by atoms with Crippen LogP contribution in [0.1, 0.15) is 326 Å². The van der Waals surface area contributed by atoms with Gasteiger partial charge in [0.05, 0.1) is 11.5 Å². The predicted molar refractivity (Wildman–Crippen MR) is 506 cm³/mol. The van der Waals surface area contributed by atoms with Crippen molar-refractivity contribution in [1.29, 1.82) is 0 Å². The van der Waals surface area contributed by atoms with E-state index >= 15 is 0 Å². The third-order valence-electron chi connectivity index (χ3n) is 16.5. The quantitative estimate of drug-likeness (QED) is 0.139. The highest BCUT2D eigenvalue weighted by Crippen LogP contribution is 2.29. The minimum Gasteiger partial charge on any atom is -0.392 e. The van der Waals surface area contributed by atoms with Gasteiger partial charge in [0, 0.05) is 21.6 Å². The van der Waals surface area contributed by atoms with Crippen molar-refractivity contribution in [3.63, 3.8) is 0 Å². The molecule has 7 heteroatoms. The number of aliphatic hydroxyl groups is 1. The van der Waals surface area contributed by atoms with Crippen LogP contribution in [0.3, 0.4) is 0 Å². The second kappa shape index (κ2) is 53.9. The first-order valence-corrected chi connectivity index (χ1v) is 36.7. The van der Waals surface area contributed by atoms with Gasteiger partial charge in [0.2, 0.25) is 0 Å². The standard InChI is InChI=1S/C11H16O.3C11H16.C10H13Br.C10H13Cl.C10H13F.C10H13NO2.C10H14.9CH4/c1-11(2,3)10-6-4-9(8-12)5-7-10;3*1-9-5-7-10(8-6-9)11(2,3)4;3*1-10(2,3)8-4-6-9(11)7-5-8;1-10(2,3)8-4-6-9(7-5-8)11(12)13;1-10(2,3)9-7-5-4-6-8-9;;;;;;;;;/h4-7,12H,8H2,1-3H3;3*5-8H,1-4H3;3*4-7H,1-3H3;4-7H,1-3H3;4-8H,1-3H3;9*1H4. The Morgan fingerprint density at radius 2 is 0.482 bits per heavy atom. The predicted octanol–water partition coefficient (Wildman–Crippen LogP) is 34.5. The number of hydrogen-bond acceptors (Lipinski definition) is 3. The maximum atomic E-state index is 12.5. The number of aliphatic hydroxyl groups excluding tert-OH is 1. The molecule has 622 valence electrons. The van der Waals surface area contributed by atoms with Gasteiger partial charge in [-0.2, -0.15) is 0 Å². The Balaban J connectivity index is -0.000000148. The van der Waals surface area contributed by atoms with E-state index < -0.39 is 0 Å². The van der Waals surface area contributed by atoms with E-state index in [1.807, 2.05) is 36.4 Å². The summed E-state index contributed by atoms with van der Waals surface area (Å²) in [5, 5.41) is 20.0. The van der Waals surface area contributed by atoms with Crippen molar-refractivity contribution in [2.24, 2.45) is 0 Å². The first-order valence-electron chi connectivity index (χ1n) is 35.6. The largest absolute Gasteiger partial charge is 0.392 e. The van der Waals surface area contributed by atoms with E-state index in [1.54, 1.807) is 24.3 Å². The van der Waals surface area contributed by atoms with Crippen LogP contribution in [0.2, 0.25) is 5.02 Å². The topological polar surface area (TPSA) is 63.4 Å². The van der Waals surface area contributed by atoms with Gasteiger partial charge >= 0.3 is 0 Å². The number of non-ortho nitro benzene ring substituents is 1. The summed E-state index contributed by atoms with van der Waals surface area (Å²) in [4.78, 5) is 9.98. The molecule has 0 aliphatic rings. The van der Waals surface area contributed by atoms with E-state index in [9.17, 15) is 14.5 Å². The number of aryl methyl sites for hydroxylation is 3. The SMILES string of the molecule is C.C.C.C.C.C.C.C.C.CC(C)(C)c1ccc(Br)cc1.CC(C)(C)c1ccc(CO)cc1.CC(C)(C)c1ccc(Cl)cc1.CC(C)(C)c1ccc(F)cc1.CC(C)(C)c1ccc([N+](=O)[O-])cc1.CC(C)(C)c1ccccc1.Cc1ccc(C(C)(C)C)cc1.Cc1ccc(C(C)(C)C)cc1.Cc1ccc(C(C)(C)C)cc1. The van der Waals surface area contributed by atoms with Gasteiger partial charge in [-0.05, 0) is 162 Å². The molecule has 0 radical (unpaired) electrons. The molecule has 0 saturated carbocycles. The number of halogens is 3. The summed E-state index contributed by atoms with van der Waals surface area (Å²) >= 11 is 9.17. The molecule has 0 aliphatic carbocycles. The zero-order chi connectivity index (χ0) is 77.8. The van der Waals surface area contributed by atoms with Gasteiger partial charge < -0.3 is 5.11 Å². The molecular weight excluding hydrogens is 1430 g/mol. The molecule has 9 rings (SSSR count). The lowest BCUT2D eigenvalue weighted by molar-refractivity contribution is -0.384. The number of nitrogens with zero attached hydrogens (tertiary/aromatic N) is 1. The number of nitro benzene ring substituents is 1. The fourth-order valence-electron chi connectivity index (χ4n) is 9.14. The monoisotopic (exact) mass is 1600 g/mol. The molecule has 1 N–H and O–H groups in total. The molecule has 0 bridgehead atoms. The maximum absolute atomic E-state index is 12.5. The molecule has 0 saturated heterocycles. The Labute approximate surface area is 695 Å². The van der Waals surface area contributed by atoms with Crippen LogP contribution in [0, 0.1) is 36.7 Å². The highest BCUT2D eigenvalue weighted by atomic mass is 79.9. The van der Waals surface area contributed by atoms with Crippen LogP contribution >= 0.6 is 27.5 Å². The van der Waals surface area contributed by atoms with Gasteiger partial charge in [-0.1, -0.05) is 474 Å². The highest BCUT2D eigenvalue weighted by molar-refractivity contribution is 9.10. The van der Waals surface area contributed by atoms with Crippen LogP contribution in [0.25, 0.3) is 0 Å². The molecule has 0 aromatic heterocycles. The summed E-state index contributed by atoms with van der Waals surface area (Å²) in [5.41, 5.74) is 19.0. The van der Waals surface area contributed by atoms with Gasteiger partial charge in [-0.15, -0.1) is 0 Å². The number of benzene rings is 9. The van der Waals surface area contributed by atoms with Crippen molar-refractivity contribution in [2.45, 2.75) is 330 Å². The number of hydrogen-bond donors (Lipinski definition) is 1. The van der Waals surface area contributed by atoms with Gasteiger partial charge in [0.1, 0.15) is 5.82 Å². The normalized spacial score (nSPS) is 10.6. The van der Waals surface area contributed by atoms with Crippen molar-refractivity contribution in [3.8, 4) is 0 Å². The maximum Gasteiger partial charge on any atom is 0.269 e. The fourth-order valence-corrected chi connectivity index (χ4v) is 9.53. The second-order valence-electron chi connectivity index (χ2n) is 35.4. The highest BCUT2D eigenvalue weighted by Gasteiger charge is 2.19. The van der Waals surface area contributed by atoms with Crippen LogP contribution in [0.15, 0.2) is 229 Å². The lowest BCUT2D eigenvalue weighted by Crippen LogP contribution is -2.10. The summed E-state index contributed by atoms with van der Waals surface area (Å²) in [5.74, 6) is -0.169.